The van der Waals surface area contributed by atoms with E-state index >= 15 is 0 Å². The first-order valence-corrected chi connectivity index (χ1v) is 11.0. The number of fused-ring (bicyclic) bond motifs is 1. The van der Waals surface area contributed by atoms with Gasteiger partial charge in [-0.15, -0.1) is 0 Å². The maximum atomic E-state index is 13.3. The molecule has 0 spiro atoms. The molecular weight excluding hydrogens is 392 g/mol. The van der Waals surface area contributed by atoms with Crippen LogP contribution in [0.25, 0.3) is 0 Å². The van der Waals surface area contributed by atoms with Crippen LogP contribution in [0.4, 0.5) is 0 Å². The number of para-hydroxylation sites is 1. The largest absolute Gasteiger partial charge is 0.493 e. The van der Waals surface area contributed by atoms with Crippen LogP contribution in [0.2, 0.25) is 0 Å². The van der Waals surface area contributed by atoms with Gasteiger partial charge in [0, 0.05) is 43.2 Å². The van der Waals surface area contributed by atoms with Crippen LogP contribution in [-0.2, 0) is 11.3 Å². The summed E-state index contributed by atoms with van der Waals surface area (Å²) in [4.78, 5) is 29.9. The number of likely N-dealkylation sites (tertiary alicyclic amines) is 1. The summed E-state index contributed by atoms with van der Waals surface area (Å²) < 4.78 is 11.3. The van der Waals surface area contributed by atoms with Crippen molar-refractivity contribution < 1.29 is 19.1 Å². The van der Waals surface area contributed by atoms with Crippen LogP contribution >= 0.6 is 0 Å². The van der Waals surface area contributed by atoms with Crippen molar-refractivity contribution >= 4 is 11.8 Å². The van der Waals surface area contributed by atoms with E-state index < -0.39 is 0 Å². The van der Waals surface area contributed by atoms with Gasteiger partial charge in [0.2, 0.25) is 5.91 Å². The Bertz CT molecular complexity index is 933. The molecule has 0 aromatic heterocycles. The molecule has 0 N–H and O–H groups in total. The molecule has 6 nitrogen and oxygen atoms in total. The first kappa shape index (κ1) is 21.2. The zero-order valence-corrected chi connectivity index (χ0v) is 18.3. The number of ether oxygens (including phenoxy) is 2. The molecule has 2 aromatic rings. The molecule has 0 atom stereocenters. The number of hydrogen-bond donors (Lipinski definition) is 0. The highest BCUT2D eigenvalue weighted by Gasteiger charge is 2.31. The molecule has 2 aliphatic heterocycles. The molecule has 4 rings (SSSR count). The Morgan fingerprint density at radius 3 is 2.45 bits per heavy atom. The zero-order chi connectivity index (χ0) is 21.8. The van der Waals surface area contributed by atoms with E-state index in [1.165, 1.54) is 0 Å². The summed E-state index contributed by atoms with van der Waals surface area (Å²) in [6, 6.07) is 13.5. The minimum absolute atomic E-state index is 0.0449. The number of rotatable bonds is 3. The Labute approximate surface area is 183 Å². The topological polar surface area (TPSA) is 59.1 Å². The van der Waals surface area contributed by atoms with E-state index in [9.17, 15) is 9.59 Å². The van der Waals surface area contributed by atoms with Crippen molar-refractivity contribution in [3.05, 3.63) is 59.2 Å². The fraction of sp³-hybridized carbons (Fsp3) is 0.440. The molecule has 1 fully saturated rings. The molecular formula is C25H30N2O4. The van der Waals surface area contributed by atoms with E-state index in [1.54, 1.807) is 7.11 Å². The fourth-order valence-electron chi connectivity index (χ4n) is 4.38. The Morgan fingerprint density at radius 1 is 1.00 bits per heavy atom. The van der Waals surface area contributed by atoms with Gasteiger partial charge in [0.1, 0.15) is 0 Å². The Hall–Kier alpha value is -3.02. The monoisotopic (exact) mass is 422 g/mol. The van der Waals surface area contributed by atoms with Crippen LogP contribution in [0.5, 0.6) is 11.5 Å². The third kappa shape index (κ3) is 4.68. The smallest absolute Gasteiger partial charge is 0.253 e. The van der Waals surface area contributed by atoms with Crippen molar-refractivity contribution in [2.24, 2.45) is 5.92 Å². The summed E-state index contributed by atoms with van der Waals surface area (Å²) in [5.74, 6) is 1.63. The SMILES string of the molecule is COc1cccc2c1OCCCN(C(=O)C1CCN(C(=O)c3ccc(C)cc3)CC1)C2. The van der Waals surface area contributed by atoms with E-state index in [0.717, 1.165) is 23.3 Å². The molecule has 2 amide bonds. The van der Waals surface area contributed by atoms with E-state index in [4.69, 9.17) is 9.47 Å². The summed E-state index contributed by atoms with van der Waals surface area (Å²) in [6.07, 6.45) is 2.19. The van der Waals surface area contributed by atoms with E-state index in [-0.39, 0.29) is 17.7 Å². The quantitative estimate of drug-likeness (QED) is 0.757. The Balaban J connectivity index is 1.40. The minimum atomic E-state index is -0.0449. The third-order valence-electron chi connectivity index (χ3n) is 6.20. The maximum Gasteiger partial charge on any atom is 0.253 e. The van der Waals surface area contributed by atoms with Crippen LogP contribution in [0, 0.1) is 12.8 Å². The summed E-state index contributed by atoms with van der Waals surface area (Å²) in [5.41, 5.74) is 2.82. The summed E-state index contributed by atoms with van der Waals surface area (Å²) in [5, 5.41) is 0. The van der Waals surface area contributed by atoms with Gasteiger partial charge in [0.05, 0.1) is 13.7 Å². The molecule has 164 valence electrons. The van der Waals surface area contributed by atoms with Crippen LogP contribution < -0.4 is 9.47 Å². The average Bonchev–Trinajstić information content (AvgIpc) is 2.79. The van der Waals surface area contributed by atoms with Crippen molar-refractivity contribution in [3.63, 3.8) is 0 Å². The summed E-state index contributed by atoms with van der Waals surface area (Å²) in [7, 11) is 1.63. The number of carbonyl (C=O) groups excluding carboxylic acids is 2. The number of nitrogens with zero attached hydrogens (tertiary/aromatic N) is 2. The molecule has 2 aromatic carbocycles. The molecule has 2 heterocycles. The molecule has 0 bridgehead atoms. The molecule has 0 unspecified atom stereocenters. The highest BCUT2D eigenvalue weighted by atomic mass is 16.5. The normalized spacial score (nSPS) is 17.2. The molecule has 1 saturated heterocycles. The van der Waals surface area contributed by atoms with Gasteiger partial charge < -0.3 is 19.3 Å². The lowest BCUT2D eigenvalue weighted by Crippen LogP contribution is -2.45. The number of carbonyl (C=O) groups is 2. The van der Waals surface area contributed by atoms with Gasteiger partial charge in [-0.3, -0.25) is 9.59 Å². The third-order valence-corrected chi connectivity index (χ3v) is 6.20. The van der Waals surface area contributed by atoms with Crippen LogP contribution in [0.15, 0.2) is 42.5 Å². The Kier molecular flexibility index (Phi) is 6.44. The zero-order valence-electron chi connectivity index (χ0n) is 18.3. The van der Waals surface area contributed by atoms with Crippen LogP contribution in [0.1, 0.15) is 40.7 Å². The van der Waals surface area contributed by atoms with Crippen molar-refractivity contribution in [3.8, 4) is 11.5 Å². The van der Waals surface area contributed by atoms with Gasteiger partial charge in [-0.1, -0.05) is 29.8 Å². The summed E-state index contributed by atoms with van der Waals surface area (Å²) >= 11 is 0. The first-order valence-electron chi connectivity index (χ1n) is 11.0. The number of methoxy groups -OCH3 is 1. The average molecular weight is 423 g/mol. The molecule has 31 heavy (non-hydrogen) atoms. The maximum absolute atomic E-state index is 13.3. The van der Waals surface area contributed by atoms with Crippen molar-refractivity contribution in [1.29, 1.82) is 0 Å². The second-order valence-corrected chi connectivity index (χ2v) is 8.34. The van der Waals surface area contributed by atoms with Crippen LogP contribution in [0.3, 0.4) is 0 Å². The molecule has 6 heteroatoms. The van der Waals surface area contributed by atoms with Gasteiger partial charge in [-0.2, -0.15) is 0 Å². The lowest BCUT2D eigenvalue weighted by atomic mass is 9.94. The highest BCUT2D eigenvalue weighted by Crippen LogP contribution is 2.34. The van der Waals surface area contributed by atoms with Gasteiger partial charge in [0.15, 0.2) is 11.5 Å². The fourth-order valence-corrected chi connectivity index (χ4v) is 4.38. The van der Waals surface area contributed by atoms with Crippen molar-refractivity contribution in [2.75, 3.05) is 33.4 Å². The number of hydrogen-bond acceptors (Lipinski definition) is 4. The number of amides is 2. The predicted molar refractivity (Wildman–Crippen MR) is 118 cm³/mol. The lowest BCUT2D eigenvalue weighted by molar-refractivity contribution is -0.137. The Morgan fingerprint density at radius 2 is 1.74 bits per heavy atom. The minimum Gasteiger partial charge on any atom is -0.493 e. The lowest BCUT2D eigenvalue weighted by Gasteiger charge is -2.35. The standard InChI is InChI=1S/C25H30N2O4/c1-18-7-9-19(10-8-18)24(28)26-14-11-20(12-15-26)25(29)27-13-4-16-31-23-21(17-27)5-3-6-22(23)30-2/h3,5-10,20H,4,11-17H2,1-2H3. The molecule has 2 aliphatic rings. The molecule has 0 aliphatic carbocycles. The van der Waals surface area contributed by atoms with E-state index in [1.807, 2.05) is 59.2 Å². The number of aryl methyl sites for hydroxylation is 1. The van der Waals surface area contributed by atoms with Gasteiger partial charge in [0.25, 0.3) is 5.91 Å². The number of piperidine rings is 1. The van der Waals surface area contributed by atoms with Crippen LogP contribution in [-0.4, -0.2) is 55.0 Å². The molecule has 0 radical (unpaired) electrons. The van der Waals surface area contributed by atoms with Gasteiger partial charge in [-0.25, -0.2) is 0 Å². The van der Waals surface area contributed by atoms with E-state index in [0.29, 0.717) is 56.9 Å². The highest BCUT2D eigenvalue weighted by molar-refractivity contribution is 5.94. The number of benzene rings is 2. The van der Waals surface area contributed by atoms with Gasteiger partial charge in [-0.05, 0) is 44.4 Å². The van der Waals surface area contributed by atoms with E-state index in [2.05, 4.69) is 0 Å². The van der Waals surface area contributed by atoms with Crippen molar-refractivity contribution in [1.82, 2.24) is 9.80 Å². The summed E-state index contributed by atoms with van der Waals surface area (Å²) in [6.45, 7) is 5.00. The predicted octanol–water partition coefficient (Wildman–Crippen LogP) is 3.67. The second kappa shape index (κ2) is 9.41. The first-order chi connectivity index (χ1) is 15.1. The molecule has 0 saturated carbocycles. The second-order valence-electron chi connectivity index (χ2n) is 8.34. The van der Waals surface area contributed by atoms with Crippen molar-refractivity contribution in [2.45, 2.75) is 32.7 Å². The van der Waals surface area contributed by atoms with Gasteiger partial charge >= 0.3 is 0 Å².